The predicted molar refractivity (Wildman–Crippen MR) is 134 cm³/mol. The molecule has 1 saturated heterocycles. The Bertz CT molecular complexity index is 1290. The standard InChI is InChI=1S/C25H29N5O5S/c1-25(2)12-19-21(23(32)29(3)14-25)27-24(36-19)35-18-10-15(22(31)26-20-5-7-30(4)28-20)9-17(11-18)34-16-6-8-33-13-16/h5,7,9-11,16H,6,8,12-14H2,1-4H3,(H,26,28,31)/t16-/m0/s1. The second kappa shape index (κ2) is 9.55. The van der Waals surface area contributed by atoms with E-state index in [0.717, 1.165) is 17.7 Å². The van der Waals surface area contributed by atoms with Gasteiger partial charge in [-0.3, -0.25) is 14.3 Å². The summed E-state index contributed by atoms with van der Waals surface area (Å²) in [5, 5.41) is 7.33. The van der Waals surface area contributed by atoms with Gasteiger partial charge in [-0.2, -0.15) is 10.1 Å². The Morgan fingerprint density at radius 3 is 2.78 bits per heavy atom. The molecule has 0 spiro atoms. The molecule has 3 aromatic rings. The Labute approximate surface area is 213 Å². The number of fused-ring (bicyclic) bond motifs is 1. The molecule has 4 heterocycles. The van der Waals surface area contributed by atoms with E-state index in [-0.39, 0.29) is 23.3 Å². The first-order valence-corrected chi connectivity index (χ1v) is 12.6. The van der Waals surface area contributed by atoms with Crippen molar-refractivity contribution in [1.82, 2.24) is 19.7 Å². The van der Waals surface area contributed by atoms with Crippen LogP contribution in [0.2, 0.25) is 0 Å². The Kier molecular flexibility index (Phi) is 6.44. The predicted octanol–water partition coefficient (Wildman–Crippen LogP) is 3.74. The number of amides is 2. The zero-order chi connectivity index (χ0) is 25.4. The van der Waals surface area contributed by atoms with Crippen molar-refractivity contribution in [1.29, 1.82) is 0 Å². The fourth-order valence-electron chi connectivity index (χ4n) is 4.45. The van der Waals surface area contributed by atoms with Gasteiger partial charge in [0.2, 0.25) is 0 Å². The molecular formula is C25H29N5O5S. The average Bonchev–Trinajstić information content (AvgIpc) is 3.53. The number of rotatable bonds is 6. The molecule has 10 nitrogen and oxygen atoms in total. The Morgan fingerprint density at radius 1 is 1.25 bits per heavy atom. The monoisotopic (exact) mass is 511 g/mol. The van der Waals surface area contributed by atoms with Crippen molar-refractivity contribution in [2.75, 3.05) is 32.1 Å². The average molecular weight is 512 g/mol. The molecule has 2 aromatic heterocycles. The van der Waals surface area contributed by atoms with Gasteiger partial charge >= 0.3 is 0 Å². The largest absolute Gasteiger partial charge is 0.488 e. The van der Waals surface area contributed by atoms with Gasteiger partial charge in [0.15, 0.2) is 5.82 Å². The van der Waals surface area contributed by atoms with E-state index in [0.29, 0.717) is 53.5 Å². The van der Waals surface area contributed by atoms with Crippen molar-refractivity contribution in [3.05, 3.63) is 46.6 Å². The summed E-state index contributed by atoms with van der Waals surface area (Å²) >= 11 is 1.36. The number of nitrogens with zero attached hydrogens (tertiary/aromatic N) is 4. The highest BCUT2D eigenvalue weighted by Gasteiger charge is 2.34. The molecule has 1 atom stereocenters. The van der Waals surface area contributed by atoms with Gasteiger partial charge in [-0.1, -0.05) is 25.2 Å². The molecule has 2 amide bonds. The van der Waals surface area contributed by atoms with E-state index >= 15 is 0 Å². The highest BCUT2D eigenvalue weighted by Crippen LogP contribution is 2.38. The number of benzene rings is 1. The molecule has 0 radical (unpaired) electrons. The maximum atomic E-state index is 13.0. The fourth-order valence-corrected chi connectivity index (χ4v) is 5.62. The minimum atomic E-state index is -0.347. The second-order valence-corrected chi connectivity index (χ2v) is 11.0. The lowest BCUT2D eigenvalue weighted by Crippen LogP contribution is -2.34. The molecule has 36 heavy (non-hydrogen) atoms. The van der Waals surface area contributed by atoms with Crippen LogP contribution in [0.4, 0.5) is 5.82 Å². The van der Waals surface area contributed by atoms with Crippen LogP contribution in [-0.4, -0.2) is 64.4 Å². The number of hydrogen-bond donors (Lipinski definition) is 1. The summed E-state index contributed by atoms with van der Waals surface area (Å²) in [4.78, 5) is 33.0. The molecule has 1 N–H and O–H groups in total. The molecule has 11 heteroatoms. The lowest BCUT2D eigenvalue weighted by atomic mass is 9.89. The zero-order valence-corrected chi connectivity index (χ0v) is 21.6. The molecule has 190 valence electrons. The summed E-state index contributed by atoms with van der Waals surface area (Å²) in [6, 6.07) is 6.73. The molecule has 2 aliphatic heterocycles. The van der Waals surface area contributed by atoms with E-state index in [1.54, 1.807) is 54.1 Å². The van der Waals surface area contributed by atoms with Crippen LogP contribution in [0, 0.1) is 5.41 Å². The van der Waals surface area contributed by atoms with E-state index in [4.69, 9.17) is 14.2 Å². The highest BCUT2D eigenvalue weighted by molar-refractivity contribution is 7.13. The van der Waals surface area contributed by atoms with Gasteiger partial charge in [-0.05, 0) is 24.0 Å². The summed E-state index contributed by atoms with van der Waals surface area (Å²) in [7, 11) is 3.57. The number of aryl methyl sites for hydroxylation is 1. The topological polar surface area (TPSA) is 108 Å². The summed E-state index contributed by atoms with van der Waals surface area (Å²) < 4.78 is 19.2. The van der Waals surface area contributed by atoms with Crippen LogP contribution < -0.4 is 14.8 Å². The van der Waals surface area contributed by atoms with E-state index < -0.39 is 0 Å². The van der Waals surface area contributed by atoms with Crippen LogP contribution in [0.15, 0.2) is 30.5 Å². The maximum absolute atomic E-state index is 13.0. The van der Waals surface area contributed by atoms with Gasteiger partial charge in [0.25, 0.3) is 17.0 Å². The summed E-state index contributed by atoms with van der Waals surface area (Å²) in [5.41, 5.74) is 0.696. The molecule has 1 aromatic carbocycles. The third-order valence-electron chi connectivity index (χ3n) is 6.02. The van der Waals surface area contributed by atoms with E-state index in [1.165, 1.54) is 11.3 Å². The summed E-state index contributed by atoms with van der Waals surface area (Å²) in [5.74, 6) is 0.857. The summed E-state index contributed by atoms with van der Waals surface area (Å²) in [6.45, 7) is 6.05. The lowest BCUT2D eigenvalue weighted by Gasteiger charge is -2.26. The van der Waals surface area contributed by atoms with Crippen LogP contribution >= 0.6 is 11.3 Å². The maximum Gasteiger partial charge on any atom is 0.279 e. The second-order valence-electron chi connectivity index (χ2n) is 9.98. The fraction of sp³-hybridized carbons (Fsp3) is 0.440. The third-order valence-corrected chi connectivity index (χ3v) is 6.96. The molecule has 0 bridgehead atoms. The Balaban J connectivity index is 1.43. The molecule has 5 rings (SSSR count). The molecular weight excluding hydrogens is 482 g/mol. The number of nitrogens with one attached hydrogen (secondary N) is 1. The van der Waals surface area contributed by atoms with E-state index in [2.05, 4.69) is 29.2 Å². The highest BCUT2D eigenvalue weighted by atomic mass is 32.1. The minimum Gasteiger partial charge on any atom is -0.488 e. The number of anilines is 1. The van der Waals surface area contributed by atoms with Crippen LogP contribution in [0.3, 0.4) is 0 Å². The van der Waals surface area contributed by atoms with Crippen molar-refractivity contribution in [3.8, 4) is 16.7 Å². The van der Waals surface area contributed by atoms with Crippen LogP contribution in [0.1, 0.15) is 46.0 Å². The van der Waals surface area contributed by atoms with Gasteiger partial charge in [0.1, 0.15) is 23.3 Å². The van der Waals surface area contributed by atoms with Crippen LogP contribution in [0.5, 0.6) is 16.7 Å². The first kappa shape index (κ1) is 24.3. The SMILES string of the molecule is CN1CC(C)(C)Cc2sc(Oc3cc(O[C@H]4CCOC4)cc(C(=O)Nc4ccn(C)n4)c3)nc2C1=O. The Hall–Kier alpha value is -3.44. The minimum absolute atomic E-state index is 0.0761. The number of hydrogen-bond acceptors (Lipinski definition) is 8. The molecule has 0 unspecified atom stereocenters. The first-order valence-electron chi connectivity index (χ1n) is 11.8. The molecule has 0 aliphatic carbocycles. The normalized spacial score (nSPS) is 19.1. The number of aromatic nitrogens is 3. The van der Waals surface area contributed by atoms with E-state index in [1.807, 2.05) is 0 Å². The lowest BCUT2D eigenvalue weighted by molar-refractivity contribution is 0.0748. The zero-order valence-electron chi connectivity index (χ0n) is 20.7. The van der Waals surface area contributed by atoms with Gasteiger partial charge in [-0.15, -0.1) is 0 Å². The van der Waals surface area contributed by atoms with Crippen molar-refractivity contribution in [2.45, 2.75) is 32.8 Å². The first-order chi connectivity index (χ1) is 17.1. The number of thiazole rings is 1. The van der Waals surface area contributed by atoms with Crippen molar-refractivity contribution in [3.63, 3.8) is 0 Å². The van der Waals surface area contributed by atoms with Gasteiger partial charge in [-0.25, -0.2) is 0 Å². The van der Waals surface area contributed by atoms with Crippen molar-refractivity contribution >= 4 is 29.0 Å². The van der Waals surface area contributed by atoms with Gasteiger partial charge in [0, 0.05) is 55.8 Å². The quantitative estimate of drug-likeness (QED) is 0.537. The van der Waals surface area contributed by atoms with Crippen LogP contribution in [-0.2, 0) is 18.2 Å². The van der Waals surface area contributed by atoms with E-state index in [9.17, 15) is 9.59 Å². The van der Waals surface area contributed by atoms with Crippen molar-refractivity contribution < 1.29 is 23.8 Å². The third kappa shape index (κ3) is 5.36. The van der Waals surface area contributed by atoms with Gasteiger partial charge < -0.3 is 24.4 Å². The number of ether oxygens (including phenoxy) is 3. The Morgan fingerprint density at radius 2 is 2.06 bits per heavy atom. The molecule has 1 fully saturated rings. The molecule has 2 aliphatic rings. The number of carbonyl (C=O) groups excluding carboxylic acids is 2. The smallest absolute Gasteiger partial charge is 0.279 e. The van der Waals surface area contributed by atoms with Crippen molar-refractivity contribution in [2.24, 2.45) is 12.5 Å². The number of carbonyl (C=O) groups is 2. The van der Waals surface area contributed by atoms with Crippen LogP contribution in [0.25, 0.3) is 0 Å². The summed E-state index contributed by atoms with van der Waals surface area (Å²) in [6.07, 6.45) is 3.14. The molecule has 0 saturated carbocycles. The van der Waals surface area contributed by atoms with Gasteiger partial charge in [0.05, 0.1) is 13.2 Å².